The summed E-state index contributed by atoms with van der Waals surface area (Å²) < 4.78 is 3.14. The molecule has 2 aromatic rings. The Bertz CT molecular complexity index is 904. The fraction of sp³-hybridized carbons (Fsp3) is 0.429. The normalized spacial score (nSPS) is 15.2. The molecule has 0 radical (unpaired) electrons. The largest absolute Gasteiger partial charge is 0.0946 e. The molecular formula is C28H40I2Si2. The lowest BCUT2D eigenvalue weighted by Crippen LogP contribution is -2.40. The fourth-order valence-corrected chi connectivity index (χ4v) is 12.4. The quantitative estimate of drug-likeness (QED) is 0.167. The van der Waals surface area contributed by atoms with Gasteiger partial charge in [-0.3, -0.25) is 0 Å². The molecule has 0 amide bonds. The maximum atomic E-state index is 2.72. The first kappa shape index (κ1) is 28.1. The highest BCUT2D eigenvalue weighted by atomic mass is 127. The SMILES string of the molecule is CC(C)(C)[Si](C)(C)/C(I)=C(/C(=C(\I)[Si](C)(C)C(C)(C)C)c1ccccc1)c1ccccc1. The van der Waals surface area contributed by atoms with Crippen LogP contribution >= 0.6 is 45.2 Å². The second-order valence-electron chi connectivity index (χ2n) is 11.9. The Morgan fingerprint density at radius 1 is 0.531 bits per heavy atom. The van der Waals surface area contributed by atoms with E-state index >= 15 is 0 Å². The summed E-state index contributed by atoms with van der Waals surface area (Å²) in [5.41, 5.74) is 5.60. The summed E-state index contributed by atoms with van der Waals surface area (Å²) in [4.78, 5) is 0. The molecular weight excluding hydrogens is 646 g/mol. The van der Waals surface area contributed by atoms with Crippen molar-refractivity contribution in [2.75, 3.05) is 0 Å². The van der Waals surface area contributed by atoms with Gasteiger partial charge in [0.25, 0.3) is 0 Å². The van der Waals surface area contributed by atoms with Crippen LogP contribution in [0.15, 0.2) is 67.1 Å². The van der Waals surface area contributed by atoms with E-state index in [4.69, 9.17) is 0 Å². The highest BCUT2D eigenvalue weighted by Gasteiger charge is 2.43. The molecule has 0 unspecified atom stereocenters. The Kier molecular flexibility index (Phi) is 8.94. The van der Waals surface area contributed by atoms with Crippen LogP contribution in [-0.4, -0.2) is 16.1 Å². The minimum atomic E-state index is -1.76. The molecule has 2 rings (SSSR count). The molecule has 32 heavy (non-hydrogen) atoms. The third-order valence-electron chi connectivity index (χ3n) is 7.66. The van der Waals surface area contributed by atoms with E-state index in [9.17, 15) is 0 Å². The highest BCUT2D eigenvalue weighted by molar-refractivity contribution is 14.1. The first-order valence-electron chi connectivity index (χ1n) is 11.4. The van der Waals surface area contributed by atoms with Gasteiger partial charge in [0.2, 0.25) is 0 Å². The maximum Gasteiger partial charge on any atom is 0.0946 e. The molecule has 2 aromatic carbocycles. The molecule has 0 saturated carbocycles. The number of halogens is 2. The van der Waals surface area contributed by atoms with Gasteiger partial charge in [-0.1, -0.05) is 174 Å². The van der Waals surface area contributed by atoms with Crippen LogP contribution in [0, 0.1) is 0 Å². The van der Waals surface area contributed by atoms with Gasteiger partial charge in [-0.05, 0) is 38.8 Å². The van der Waals surface area contributed by atoms with Gasteiger partial charge in [-0.2, -0.15) is 0 Å². The van der Waals surface area contributed by atoms with Crippen LogP contribution in [0.2, 0.25) is 36.3 Å². The van der Waals surface area contributed by atoms with Crippen molar-refractivity contribution in [1.82, 2.24) is 0 Å². The van der Waals surface area contributed by atoms with Crippen LogP contribution < -0.4 is 0 Å². The molecule has 0 fully saturated rings. The van der Waals surface area contributed by atoms with Crippen LogP contribution in [0.5, 0.6) is 0 Å². The van der Waals surface area contributed by atoms with Crippen LogP contribution in [0.25, 0.3) is 11.1 Å². The van der Waals surface area contributed by atoms with Gasteiger partial charge in [0.05, 0.1) is 16.1 Å². The zero-order valence-electron chi connectivity index (χ0n) is 21.5. The fourth-order valence-electron chi connectivity index (χ4n) is 3.25. The predicted octanol–water partition coefficient (Wildman–Crippen LogP) is 10.8. The van der Waals surface area contributed by atoms with Gasteiger partial charge in [-0.25, -0.2) is 0 Å². The summed E-state index contributed by atoms with van der Waals surface area (Å²) in [6, 6.07) is 22.2. The zero-order valence-corrected chi connectivity index (χ0v) is 27.8. The van der Waals surface area contributed by atoms with Crippen LogP contribution in [-0.2, 0) is 0 Å². The molecule has 0 N–H and O–H groups in total. The Morgan fingerprint density at radius 3 is 1.00 bits per heavy atom. The number of hydrogen-bond acceptors (Lipinski definition) is 0. The van der Waals surface area contributed by atoms with Crippen molar-refractivity contribution in [2.24, 2.45) is 0 Å². The van der Waals surface area contributed by atoms with Crippen molar-refractivity contribution in [2.45, 2.75) is 77.8 Å². The molecule has 0 spiro atoms. The number of rotatable bonds is 5. The van der Waals surface area contributed by atoms with Gasteiger partial charge in [-0.15, -0.1) is 0 Å². The summed E-state index contributed by atoms with van der Waals surface area (Å²) in [6.45, 7) is 24.7. The van der Waals surface area contributed by atoms with Crippen molar-refractivity contribution in [3.05, 3.63) is 78.2 Å². The molecule has 4 heteroatoms. The lowest BCUT2D eigenvalue weighted by Gasteiger charge is -2.41. The Labute approximate surface area is 226 Å². The van der Waals surface area contributed by atoms with Crippen molar-refractivity contribution in [3.8, 4) is 0 Å². The van der Waals surface area contributed by atoms with E-state index in [2.05, 4.69) is 174 Å². The number of benzene rings is 2. The summed E-state index contributed by atoms with van der Waals surface area (Å²) in [6.07, 6.45) is 0. The van der Waals surface area contributed by atoms with Crippen molar-refractivity contribution in [3.63, 3.8) is 0 Å². The van der Waals surface area contributed by atoms with Crippen LogP contribution in [0.3, 0.4) is 0 Å². The molecule has 0 nitrogen and oxygen atoms in total. The van der Waals surface area contributed by atoms with Gasteiger partial charge in [0, 0.05) is 0 Å². The monoisotopic (exact) mass is 686 g/mol. The number of hydrogen-bond donors (Lipinski definition) is 0. The van der Waals surface area contributed by atoms with E-state index in [0.717, 1.165) is 0 Å². The van der Waals surface area contributed by atoms with Gasteiger partial charge in [0.1, 0.15) is 0 Å². The average Bonchev–Trinajstić information content (AvgIpc) is 2.70. The van der Waals surface area contributed by atoms with E-state index in [1.165, 1.54) is 22.3 Å². The van der Waals surface area contributed by atoms with E-state index in [0.29, 0.717) is 0 Å². The first-order valence-corrected chi connectivity index (χ1v) is 19.6. The zero-order chi connectivity index (χ0) is 24.5. The van der Waals surface area contributed by atoms with Crippen molar-refractivity contribution < 1.29 is 0 Å². The molecule has 0 atom stereocenters. The van der Waals surface area contributed by atoms with E-state index in [1.807, 2.05) is 0 Å². The minimum Gasteiger partial charge on any atom is -0.0646 e. The third-order valence-corrected chi connectivity index (χ3v) is 27.0. The molecule has 0 aliphatic rings. The molecule has 0 heterocycles. The molecule has 174 valence electrons. The Morgan fingerprint density at radius 2 is 0.781 bits per heavy atom. The molecule has 0 aromatic heterocycles. The summed E-state index contributed by atoms with van der Waals surface area (Å²) in [7, 11) is -3.51. The smallest absolute Gasteiger partial charge is 0.0646 e. The molecule has 0 saturated heterocycles. The van der Waals surface area contributed by atoms with Crippen molar-refractivity contribution >= 4 is 72.5 Å². The van der Waals surface area contributed by atoms with Crippen LogP contribution in [0.4, 0.5) is 0 Å². The lowest BCUT2D eigenvalue weighted by molar-refractivity contribution is 0.728. The third kappa shape index (κ3) is 5.71. The van der Waals surface area contributed by atoms with E-state index < -0.39 is 16.1 Å². The minimum absolute atomic E-state index is 0.272. The van der Waals surface area contributed by atoms with E-state index in [-0.39, 0.29) is 10.1 Å². The van der Waals surface area contributed by atoms with Gasteiger partial charge >= 0.3 is 0 Å². The molecule has 0 bridgehead atoms. The maximum absolute atomic E-state index is 2.72. The van der Waals surface area contributed by atoms with Crippen molar-refractivity contribution in [1.29, 1.82) is 0 Å². The topological polar surface area (TPSA) is 0 Å². The second kappa shape index (κ2) is 10.2. The van der Waals surface area contributed by atoms with Gasteiger partial charge < -0.3 is 0 Å². The Hall–Kier alpha value is -0.186. The van der Waals surface area contributed by atoms with E-state index in [1.54, 1.807) is 6.41 Å². The second-order valence-corrected chi connectivity index (χ2v) is 26.6. The summed E-state index contributed by atoms with van der Waals surface area (Å²) >= 11 is 5.44. The molecule has 0 aliphatic carbocycles. The van der Waals surface area contributed by atoms with Gasteiger partial charge in [0.15, 0.2) is 0 Å². The van der Waals surface area contributed by atoms with Crippen LogP contribution in [0.1, 0.15) is 52.7 Å². The summed E-state index contributed by atoms with van der Waals surface area (Å²) in [5.74, 6) is 0. The number of allylic oxidation sites excluding steroid dienone is 2. The lowest BCUT2D eigenvalue weighted by atomic mass is 9.95. The predicted molar refractivity (Wildman–Crippen MR) is 169 cm³/mol. The average molecular weight is 687 g/mol. The Balaban J connectivity index is 3.09. The first-order chi connectivity index (χ1) is 14.5. The highest BCUT2D eigenvalue weighted by Crippen LogP contribution is 2.53. The molecule has 0 aliphatic heterocycles. The standard InChI is InChI=1S/C28H40I2Si2/c1-27(2,3)31(7,8)25(29)23(21-17-13-11-14-18-21)24(22-19-15-12-16-20-22)26(30)32(9,10)28(4,5)6/h11-20H,1-10H3/b25-23+,26-24+. The summed E-state index contributed by atoms with van der Waals surface area (Å²) in [5, 5.41) is 0.543.